The van der Waals surface area contributed by atoms with Crippen molar-refractivity contribution in [1.29, 1.82) is 0 Å². The van der Waals surface area contributed by atoms with Gasteiger partial charge in [-0.2, -0.15) is 4.90 Å². The second kappa shape index (κ2) is 7.99. The Kier molecular flexibility index (Phi) is 5.14. The Balaban J connectivity index is 1.68. The van der Waals surface area contributed by atoms with Gasteiger partial charge >= 0.3 is 0 Å². The molecule has 0 aromatic heterocycles. The molecule has 2 heterocycles. The molecule has 0 amide bonds. The zero-order chi connectivity index (χ0) is 22.3. The molecule has 5 heteroatoms. The van der Waals surface area contributed by atoms with Crippen molar-refractivity contribution >= 4 is 17.2 Å². The largest absolute Gasteiger partial charge is 0.497 e. The third-order valence-corrected chi connectivity index (χ3v) is 6.64. The Morgan fingerprint density at radius 1 is 0.969 bits per heavy atom. The van der Waals surface area contributed by atoms with Crippen LogP contribution in [0.15, 0.2) is 72.8 Å². The molecule has 0 bridgehead atoms. The van der Waals surface area contributed by atoms with E-state index in [1.807, 2.05) is 55.5 Å². The lowest BCUT2D eigenvalue weighted by atomic mass is 9.94. The number of hydrogen-bond acceptors (Lipinski definition) is 4. The van der Waals surface area contributed by atoms with Gasteiger partial charge in [-0.1, -0.05) is 18.2 Å². The van der Waals surface area contributed by atoms with Crippen molar-refractivity contribution in [3.05, 3.63) is 83.9 Å². The maximum Gasteiger partial charge on any atom is 0.278 e. The summed E-state index contributed by atoms with van der Waals surface area (Å²) in [6, 6.07) is 24.0. The molecule has 5 nitrogen and oxygen atoms in total. The van der Waals surface area contributed by atoms with E-state index in [0.29, 0.717) is 6.61 Å². The first kappa shape index (κ1) is 20.6. The van der Waals surface area contributed by atoms with Crippen molar-refractivity contribution in [1.82, 2.24) is 0 Å². The minimum atomic E-state index is -1.24. The Bertz CT molecular complexity index is 1150. The summed E-state index contributed by atoms with van der Waals surface area (Å²) in [6.45, 7) is 4.68. The molecule has 0 spiro atoms. The van der Waals surface area contributed by atoms with Gasteiger partial charge in [0.1, 0.15) is 22.9 Å². The highest BCUT2D eigenvalue weighted by Crippen LogP contribution is 2.45. The lowest BCUT2D eigenvalue weighted by Gasteiger charge is -2.31. The quantitative estimate of drug-likeness (QED) is 0.590. The van der Waals surface area contributed by atoms with Crippen molar-refractivity contribution in [3.63, 3.8) is 0 Å². The van der Waals surface area contributed by atoms with Crippen LogP contribution in [0.5, 0.6) is 11.5 Å². The van der Waals surface area contributed by atoms with Gasteiger partial charge in [-0.25, -0.2) is 4.58 Å². The average Bonchev–Trinajstić information content (AvgIpc) is 3.07. The van der Waals surface area contributed by atoms with Crippen LogP contribution in [0.25, 0.3) is 0 Å². The van der Waals surface area contributed by atoms with Gasteiger partial charge in [0.15, 0.2) is 6.04 Å². The summed E-state index contributed by atoms with van der Waals surface area (Å²) in [5.74, 6) is 2.71. The Hall–Kier alpha value is -3.31. The lowest BCUT2D eigenvalue weighted by Crippen LogP contribution is -2.50. The highest BCUT2D eigenvalue weighted by molar-refractivity contribution is 5.98. The summed E-state index contributed by atoms with van der Waals surface area (Å²) in [7, 11) is 1.66. The number of ether oxygens (including phenoxy) is 2. The first-order valence-electron chi connectivity index (χ1n) is 11.2. The van der Waals surface area contributed by atoms with Gasteiger partial charge in [0.05, 0.1) is 20.1 Å². The van der Waals surface area contributed by atoms with Crippen molar-refractivity contribution in [2.75, 3.05) is 18.6 Å². The number of benzene rings is 3. The molecular formula is C27H29N2O3+. The number of rotatable bonds is 5. The summed E-state index contributed by atoms with van der Waals surface area (Å²) in [5, 5.41) is 12.4. The number of methoxy groups -OCH3 is 1. The molecule has 3 aromatic rings. The molecule has 164 valence electrons. The van der Waals surface area contributed by atoms with Gasteiger partial charge in [-0.15, -0.1) is 0 Å². The van der Waals surface area contributed by atoms with Crippen molar-refractivity contribution in [3.8, 4) is 11.5 Å². The number of amidine groups is 1. The second-order valence-electron chi connectivity index (χ2n) is 8.31. The van der Waals surface area contributed by atoms with Gasteiger partial charge in [0, 0.05) is 5.56 Å². The standard InChI is InChI=1S/C27H29N2O3/c1-4-32-24-14-10-21(11-15-24)27(30)19(2)28-25-8-6-5-7-20(25)9-18-26(28)29(27)22-12-16-23(31-3)17-13-22/h5-8,10-17,19,30H,4,9,18H2,1-3H3/q+1/t19-,27+/m1/s1. The van der Waals surface area contributed by atoms with Gasteiger partial charge in [-0.05, 0) is 80.4 Å². The van der Waals surface area contributed by atoms with Crippen molar-refractivity contribution < 1.29 is 19.2 Å². The van der Waals surface area contributed by atoms with Crippen LogP contribution in [0.2, 0.25) is 0 Å². The summed E-state index contributed by atoms with van der Waals surface area (Å²) in [6.07, 6.45) is 1.80. The minimum Gasteiger partial charge on any atom is -0.497 e. The maximum absolute atomic E-state index is 12.4. The van der Waals surface area contributed by atoms with Crippen molar-refractivity contribution in [2.45, 2.75) is 38.5 Å². The second-order valence-corrected chi connectivity index (χ2v) is 8.31. The number of aryl methyl sites for hydroxylation is 1. The van der Waals surface area contributed by atoms with E-state index in [9.17, 15) is 5.11 Å². The molecule has 0 aliphatic carbocycles. The minimum absolute atomic E-state index is 0.195. The Morgan fingerprint density at radius 3 is 2.34 bits per heavy atom. The Labute approximate surface area is 189 Å². The zero-order valence-electron chi connectivity index (χ0n) is 18.8. The predicted octanol–water partition coefficient (Wildman–Crippen LogP) is 4.84. The predicted molar refractivity (Wildman–Crippen MR) is 126 cm³/mol. The normalized spacial score (nSPS) is 21.9. The average molecular weight is 430 g/mol. The first-order valence-corrected chi connectivity index (χ1v) is 11.2. The fraction of sp³-hybridized carbons (Fsp3) is 0.296. The van der Waals surface area contributed by atoms with E-state index >= 15 is 0 Å². The van der Waals surface area contributed by atoms with Crippen LogP contribution in [0.3, 0.4) is 0 Å². The number of anilines is 1. The number of hydrogen-bond donors (Lipinski definition) is 1. The summed E-state index contributed by atoms with van der Waals surface area (Å²) in [5.41, 5.74) is 3.01. The van der Waals surface area contributed by atoms with E-state index in [1.165, 1.54) is 11.3 Å². The molecule has 5 rings (SSSR count). The highest BCUT2D eigenvalue weighted by Gasteiger charge is 2.60. The summed E-state index contributed by atoms with van der Waals surface area (Å²) >= 11 is 0. The van der Waals surface area contributed by atoms with Gasteiger partial charge in [0.2, 0.25) is 0 Å². The molecule has 2 atom stereocenters. The topological polar surface area (TPSA) is 44.9 Å². The molecule has 0 saturated heterocycles. The maximum atomic E-state index is 12.4. The first-order chi connectivity index (χ1) is 15.6. The Morgan fingerprint density at radius 2 is 1.66 bits per heavy atom. The molecular weight excluding hydrogens is 400 g/mol. The smallest absolute Gasteiger partial charge is 0.278 e. The fourth-order valence-electron chi connectivity index (χ4n) is 5.09. The molecule has 3 aromatic carbocycles. The van der Waals surface area contributed by atoms with Crippen LogP contribution in [-0.4, -0.2) is 35.3 Å². The van der Waals surface area contributed by atoms with Gasteiger partial charge < -0.3 is 14.6 Å². The third-order valence-electron chi connectivity index (χ3n) is 6.64. The summed E-state index contributed by atoms with van der Waals surface area (Å²) < 4.78 is 13.3. The fourth-order valence-corrected chi connectivity index (χ4v) is 5.09. The molecule has 0 saturated carbocycles. The highest BCUT2D eigenvalue weighted by atomic mass is 16.5. The van der Waals surface area contributed by atoms with Crippen LogP contribution in [0.4, 0.5) is 11.4 Å². The van der Waals surface area contributed by atoms with Gasteiger partial charge in [-0.3, -0.25) is 0 Å². The third kappa shape index (κ3) is 3.07. The lowest BCUT2D eigenvalue weighted by molar-refractivity contribution is -0.495. The van der Waals surface area contributed by atoms with E-state index in [0.717, 1.165) is 41.4 Å². The van der Waals surface area contributed by atoms with Crippen LogP contribution in [0.1, 0.15) is 31.4 Å². The number of para-hydroxylation sites is 1. The molecule has 2 aliphatic rings. The summed E-state index contributed by atoms with van der Waals surface area (Å²) in [4.78, 5) is 2.10. The number of aliphatic hydroxyl groups is 1. The van der Waals surface area contributed by atoms with Crippen LogP contribution in [0, 0.1) is 0 Å². The monoisotopic (exact) mass is 429 g/mol. The molecule has 0 fully saturated rings. The molecule has 0 unspecified atom stereocenters. The molecule has 32 heavy (non-hydrogen) atoms. The molecule has 0 radical (unpaired) electrons. The number of fused-ring (bicyclic) bond motifs is 2. The van der Waals surface area contributed by atoms with Crippen LogP contribution < -0.4 is 14.4 Å². The van der Waals surface area contributed by atoms with E-state index < -0.39 is 5.72 Å². The van der Waals surface area contributed by atoms with E-state index in [1.54, 1.807) is 7.11 Å². The van der Waals surface area contributed by atoms with Crippen molar-refractivity contribution in [2.24, 2.45) is 0 Å². The number of nitrogens with zero attached hydrogens (tertiary/aromatic N) is 2. The molecule has 1 N–H and O–H groups in total. The molecule has 2 aliphatic heterocycles. The van der Waals surface area contributed by atoms with Crippen LogP contribution >= 0.6 is 0 Å². The zero-order valence-corrected chi connectivity index (χ0v) is 18.8. The SMILES string of the molecule is CCOc1ccc([C@@]2(O)[C@@H](C)[N+]3=C(CCc4ccccc43)N2c2ccc(OC)cc2)cc1. The van der Waals surface area contributed by atoms with Crippen LogP contribution in [-0.2, 0) is 12.1 Å². The van der Waals surface area contributed by atoms with E-state index in [2.05, 4.69) is 40.7 Å². The van der Waals surface area contributed by atoms with E-state index in [-0.39, 0.29) is 6.04 Å². The van der Waals surface area contributed by atoms with Gasteiger partial charge in [0.25, 0.3) is 11.6 Å². The van der Waals surface area contributed by atoms with E-state index in [4.69, 9.17) is 9.47 Å².